The van der Waals surface area contributed by atoms with Crippen LogP contribution in [-0.4, -0.2) is 57.9 Å². The van der Waals surface area contributed by atoms with Gasteiger partial charge in [0, 0.05) is 34.5 Å². The van der Waals surface area contributed by atoms with Crippen molar-refractivity contribution < 1.29 is 9.47 Å². The summed E-state index contributed by atoms with van der Waals surface area (Å²) in [6, 6.07) is 2.04. The van der Waals surface area contributed by atoms with Crippen LogP contribution in [0, 0.1) is 23.7 Å². The first-order valence-corrected chi connectivity index (χ1v) is 16.5. The Kier molecular flexibility index (Phi) is 5.83. The molecular formula is C30H47NO2S. The van der Waals surface area contributed by atoms with Crippen LogP contribution in [-0.2, 0) is 9.47 Å². The van der Waals surface area contributed by atoms with Gasteiger partial charge in [0.1, 0.15) is 0 Å². The fourth-order valence-corrected chi connectivity index (χ4v) is 13.0. The van der Waals surface area contributed by atoms with E-state index in [2.05, 4.69) is 16.7 Å². The van der Waals surface area contributed by atoms with Gasteiger partial charge in [-0.25, -0.2) is 0 Å². The second kappa shape index (κ2) is 8.91. The minimum Gasteiger partial charge on any atom is -0.372 e. The number of hydrogen-bond donors (Lipinski definition) is 0. The summed E-state index contributed by atoms with van der Waals surface area (Å²) in [5.41, 5.74) is 0. The molecule has 0 radical (unpaired) electrons. The molecule has 5 aliphatic carbocycles. The van der Waals surface area contributed by atoms with Crippen LogP contribution in [0.1, 0.15) is 109 Å². The van der Waals surface area contributed by atoms with Crippen molar-refractivity contribution in [3.05, 3.63) is 0 Å². The highest BCUT2D eigenvalue weighted by Gasteiger charge is 2.61. The Hall–Kier alpha value is 0.230. The maximum atomic E-state index is 7.46. The molecule has 0 aromatic heterocycles. The number of thioether (sulfide) groups is 1. The van der Waals surface area contributed by atoms with Gasteiger partial charge < -0.3 is 9.47 Å². The second-order valence-electron chi connectivity index (χ2n) is 13.6. The molecule has 190 valence electrons. The van der Waals surface area contributed by atoms with Gasteiger partial charge in [0.05, 0.1) is 24.4 Å². The summed E-state index contributed by atoms with van der Waals surface area (Å²) >= 11 is 2.41. The van der Waals surface area contributed by atoms with Crippen molar-refractivity contribution in [2.24, 2.45) is 23.7 Å². The van der Waals surface area contributed by atoms with Crippen molar-refractivity contribution in [2.75, 3.05) is 0 Å². The summed E-state index contributed by atoms with van der Waals surface area (Å²) in [6.45, 7) is 0. The SMILES string of the molecule is C1CCC2C(C1)OC1CCCCC1N2C1CCCC2C3CCC4SC5CCCCC5C4C3OC21. The monoisotopic (exact) mass is 485 g/mol. The van der Waals surface area contributed by atoms with E-state index >= 15 is 0 Å². The normalized spacial score (nSPS) is 57.0. The molecular weight excluding hydrogens is 438 g/mol. The van der Waals surface area contributed by atoms with Crippen LogP contribution in [0.15, 0.2) is 0 Å². The largest absolute Gasteiger partial charge is 0.372 e. The maximum absolute atomic E-state index is 7.46. The lowest BCUT2D eigenvalue weighted by atomic mass is 9.64. The molecule has 3 nitrogen and oxygen atoms in total. The van der Waals surface area contributed by atoms with Gasteiger partial charge in [-0.2, -0.15) is 11.8 Å². The average molecular weight is 486 g/mol. The first kappa shape index (κ1) is 22.2. The van der Waals surface area contributed by atoms with Gasteiger partial charge >= 0.3 is 0 Å². The Labute approximate surface area is 211 Å². The van der Waals surface area contributed by atoms with E-state index in [1.807, 2.05) is 0 Å². The van der Waals surface area contributed by atoms with E-state index in [1.54, 1.807) is 0 Å². The van der Waals surface area contributed by atoms with Crippen molar-refractivity contribution in [3.8, 4) is 0 Å². The van der Waals surface area contributed by atoms with Crippen LogP contribution in [0.25, 0.3) is 0 Å². The van der Waals surface area contributed by atoms with Crippen molar-refractivity contribution in [3.63, 3.8) is 0 Å². The lowest BCUT2D eigenvalue weighted by Gasteiger charge is -2.58. The van der Waals surface area contributed by atoms with Crippen LogP contribution < -0.4 is 0 Å². The molecule has 3 aliphatic heterocycles. The Morgan fingerprint density at radius 3 is 1.94 bits per heavy atom. The average Bonchev–Trinajstić information content (AvgIpc) is 3.45. The highest BCUT2D eigenvalue weighted by molar-refractivity contribution is 8.00. The summed E-state index contributed by atoms with van der Waals surface area (Å²) < 4.78 is 14.3. The predicted octanol–water partition coefficient (Wildman–Crippen LogP) is 6.58. The molecule has 13 unspecified atom stereocenters. The Morgan fingerprint density at radius 1 is 0.471 bits per heavy atom. The molecule has 0 aromatic rings. The first-order chi connectivity index (χ1) is 16.9. The van der Waals surface area contributed by atoms with Gasteiger partial charge in [-0.1, -0.05) is 44.9 Å². The zero-order valence-electron chi connectivity index (χ0n) is 21.2. The molecule has 0 bridgehead atoms. The third kappa shape index (κ3) is 3.39. The van der Waals surface area contributed by atoms with E-state index in [1.165, 1.54) is 109 Å². The van der Waals surface area contributed by atoms with E-state index in [-0.39, 0.29) is 0 Å². The van der Waals surface area contributed by atoms with E-state index in [0.717, 1.165) is 34.2 Å². The van der Waals surface area contributed by atoms with Crippen molar-refractivity contribution in [2.45, 2.75) is 162 Å². The fourth-order valence-electron chi connectivity index (χ4n) is 10.9. The van der Waals surface area contributed by atoms with Crippen molar-refractivity contribution in [1.29, 1.82) is 0 Å². The fraction of sp³-hybridized carbons (Fsp3) is 1.00. The summed E-state index contributed by atoms with van der Waals surface area (Å²) in [4.78, 5) is 3.12. The molecule has 0 spiro atoms. The third-order valence-corrected chi connectivity index (χ3v) is 14.0. The maximum Gasteiger partial charge on any atom is 0.0766 e. The molecule has 0 amide bonds. The summed E-state index contributed by atoms with van der Waals surface area (Å²) in [6.07, 6.45) is 26.3. The first-order valence-electron chi connectivity index (χ1n) is 15.6. The standard InChI is InChI=1S/C30H47NO2S/c1-6-15-26-20(8-1)28-27(34-26)17-16-19-18-9-7-12-23(29(18)33-30(19)28)31-21-10-2-4-13-24(21)32-25-14-5-3-11-22(25)31/h18-30H,1-17H2. The van der Waals surface area contributed by atoms with Gasteiger partial charge in [-0.15, -0.1) is 0 Å². The molecule has 8 fully saturated rings. The minimum absolute atomic E-state index is 0.510. The second-order valence-corrected chi connectivity index (χ2v) is 15.1. The van der Waals surface area contributed by atoms with Gasteiger partial charge in [0.15, 0.2) is 0 Å². The van der Waals surface area contributed by atoms with Crippen LogP contribution >= 0.6 is 11.8 Å². The van der Waals surface area contributed by atoms with E-state index in [0.29, 0.717) is 42.5 Å². The van der Waals surface area contributed by atoms with Gasteiger partial charge in [0.25, 0.3) is 0 Å². The van der Waals surface area contributed by atoms with E-state index in [4.69, 9.17) is 9.47 Å². The Balaban J connectivity index is 1.10. The molecule has 34 heavy (non-hydrogen) atoms. The minimum atomic E-state index is 0.510. The molecule has 3 heterocycles. The quantitative estimate of drug-likeness (QED) is 0.418. The molecule has 8 aliphatic rings. The third-order valence-electron chi connectivity index (χ3n) is 12.1. The number of fused-ring (bicyclic) bond motifs is 9. The topological polar surface area (TPSA) is 21.7 Å². The molecule has 3 saturated heterocycles. The van der Waals surface area contributed by atoms with Gasteiger partial charge in [0.2, 0.25) is 0 Å². The van der Waals surface area contributed by atoms with Crippen molar-refractivity contribution in [1.82, 2.24) is 4.90 Å². The molecule has 8 rings (SSSR count). The molecule has 13 atom stereocenters. The van der Waals surface area contributed by atoms with Crippen LogP contribution in [0.2, 0.25) is 0 Å². The number of ether oxygens (including phenoxy) is 2. The van der Waals surface area contributed by atoms with E-state index in [9.17, 15) is 0 Å². The summed E-state index contributed by atoms with van der Waals surface area (Å²) in [5, 5.41) is 1.89. The molecule has 4 heteroatoms. The van der Waals surface area contributed by atoms with Crippen LogP contribution in [0.5, 0.6) is 0 Å². The zero-order valence-corrected chi connectivity index (χ0v) is 22.0. The van der Waals surface area contributed by atoms with Gasteiger partial charge in [-0.05, 0) is 82.0 Å². The number of morpholine rings is 1. The predicted molar refractivity (Wildman–Crippen MR) is 138 cm³/mol. The highest BCUT2D eigenvalue weighted by atomic mass is 32.2. The van der Waals surface area contributed by atoms with Crippen LogP contribution in [0.4, 0.5) is 0 Å². The van der Waals surface area contributed by atoms with Crippen LogP contribution in [0.3, 0.4) is 0 Å². The number of rotatable bonds is 1. The summed E-state index contributed by atoms with van der Waals surface area (Å²) in [5.74, 6) is 3.59. The lowest BCUT2D eigenvalue weighted by molar-refractivity contribution is -0.205. The highest BCUT2D eigenvalue weighted by Crippen LogP contribution is 2.61. The van der Waals surface area contributed by atoms with Crippen molar-refractivity contribution >= 4 is 11.8 Å². The zero-order chi connectivity index (χ0) is 22.2. The van der Waals surface area contributed by atoms with Gasteiger partial charge in [-0.3, -0.25) is 4.90 Å². The smallest absolute Gasteiger partial charge is 0.0766 e. The van der Waals surface area contributed by atoms with E-state index < -0.39 is 0 Å². The Bertz CT molecular complexity index is 740. The number of hydrogen-bond acceptors (Lipinski definition) is 4. The molecule has 0 N–H and O–H groups in total. The lowest BCUT2D eigenvalue weighted by Crippen LogP contribution is -2.67. The number of nitrogens with zero attached hydrogens (tertiary/aromatic N) is 1. The molecule has 0 aromatic carbocycles. The molecule has 5 saturated carbocycles. The summed E-state index contributed by atoms with van der Waals surface area (Å²) in [7, 11) is 0. The Morgan fingerprint density at radius 2 is 1.12 bits per heavy atom.